The Morgan fingerprint density at radius 3 is 2.33 bits per heavy atom. The van der Waals surface area contributed by atoms with Crippen molar-refractivity contribution in [3.8, 4) is 0 Å². The van der Waals surface area contributed by atoms with Crippen LogP contribution in [0, 0.1) is 0 Å². The van der Waals surface area contributed by atoms with E-state index in [1.165, 1.54) is 7.11 Å². The Morgan fingerprint density at radius 1 is 1.28 bits per heavy atom. The second kappa shape index (κ2) is 6.69. The number of rotatable bonds is 5. The largest absolute Gasteiger partial charge is 0.487 e. The molecule has 4 nitrogen and oxygen atoms in total. The minimum Gasteiger partial charge on any atom is -0.487 e. The maximum atomic E-state index is 11.5. The van der Waals surface area contributed by atoms with Crippen LogP contribution in [0.25, 0.3) is 6.08 Å². The van der Waals surface area contributed by atoms with Crippen molar-refractivity contribution in [3.63, 3.8) is 0 Å². The first-order chi connectivity index (χ1) is 8.58. The van der Waals surface area contributed by atoms with E-state index in [-0.39, 0.29) is 5.76 Å². The summed E-state index contributed by atoms with van der Waals surface area (Å²) < 4.78 is 9.91. The molecule has 18 heavy (non-hydrogen) atoms. The highest BCUT2D eigenvalue weighted by atomic mass is 16.6. The third-order valence-corrected chi connectivity index (χ3v) is 2.39. The third-order valence-electron chi connectivity index (χ3n) is 2.39. The highest BCUT2D eigenvalue weighted by Crippen LogP contribution is 2.15. The van der Waals surface area contributed by atoms with Gasteiger partial charge in [-0.3, -0.25) is 0 Å². The van der Waals surface area contributed by atoms with E-state index in [1.807, 2.05) is 50.2 Å². The number of ether oxygens (including phenoxy) is 2. The standard InChI is InChI=1S/C14H19NO3/c1-5-18-13(14(16)17-4)10-11-6-8-12(9-7-11)15(2)3/h6-10H,5H2,1-4H3. The average Bonchev–Trinajstić information content (AvgIpc) is 2.38. The van der Waals surface area contributed by atoms with Crippen LogP contribution in [0.2, 0.25) is 0 Å². The lowest BCUT2D eigenvalue weighted by Crippen LogP contribution is -2.09. The monoisotopic (exact) mass is 249 g/mol. The topological polar surface area (TPSA) is 38.8 Å². The number of anilines is 1. The fraction of sp³-hybridized carbons (Fsp3) is 0.357. The summed E-state index contributed by atoms with van der Waals surface area (Å²) in [5.74, 6) is -0.244. The number of hydrogen-bond donors (Lipinski definition) is 0. The molecule has 0 aromatic heterocycles. The molecular weight excluding hydrogens is 230 g/mol. The lowest BCUT2D eigenvalue weighted by molar-refractivity contribution is -0.139. The predicted octanol–water partition coefficient (Wildman–Crippen LogP) is 2.30. The SMILES string of the molecule is CCOC(=Cc1ccc(N(C)C)cc1)C(=O)OC. The van der Waals surface area contributed by atoms with Crippen molar-refractivity contribution in [2.45, 2.75) is 6.92 Å². The molecule has 98 valence electrons. The van der Waals surface area contributed by atoms with E-state index in [0.717, 1.165) is 11.3 Å². The molecule has 0 aliphatic heterocycles. The molecule has 4 heteroatoms. The summed E-state index contributed by atoms with van der Waals surface area (Å²) in [6.07, 6.45) is 1.68. The van der Waals surface area contributed by atoms with Gasteiger partial charge in [0.25, 0.3) is 0 Å². The van der Waals surface area contributed by atoms with Crippen LogP contribution in [0.3, 0.4) is 0 Å². The van der Waals surface area contributed by atoms with E-state index in [4.69, 9.17) is 4.74 Å². The molecule has 0 aliphatic rings. The summed E-state index contributed by atoms with van der Waals surface area (Å²) in [4.78, 5) is 13.5. The van der Waals surface area contributed by atoms with Gasteiger partial charge in [-0.2, -0.15) is 0 Å². The van der Waals surface area contributed by atoms with Gasteiger partial charge in [-0.25, -0.2) is 4.79 Å². The van der Waals surface area contributed by atoms with Crippen molar-refractivity contribution in [1.82, 2.24) is 0 Å². The van der Waals surface area contributed by atoms with Crippen LogP contribution >= 0.6 is 0 Å². The van der Waals surface area contributed by atoms with Gasteiger partial charge in [0.2, 0.25) is 5.76 Å². The number of benzene rings is 1. The van der Waals surface area contributed by atoms with Crippen molar-refractivity contribution in [1.29, 1.82) is 0 Å². The molecule has 0 saturated heterocycles. The van der Waals surface area contributed by atoms with Crippen molar-refractivity contribution in [2.24, 2.45) is 0 Å². The normalized spacial score (nSPS) is 11.0. The second-order valence-electron chi connectivity index (χ2n) is 3.92. The highest BCUT2D eigenvalue weighted by molar-refractivity contribution is 5.91. The summed E-state index contributed by atoms with van der Waals surface area (Å²) in [6, 6.07) is 7.81. The van der Waals surface area contributed by atoms with Gasteiger partial charge in [-0.05, 0) is 30.7 Å². The Bertz CT molecular complexity index is 421. The molecule has 0 atom stereocenters. The quantitative estimate of drug-likeness (QED) is 0.456. The summed E-state index contributed by atoms with van der Waals surface area (Å²) in [7, 11) is 5.29. The highest BCUT2D eigenvalue weighted by Gasteiger charge is 2.10. The molecule has 0 spiro atoms. The Hall–Kier alpha value is -1.97. The molecule has 1 aromatic rings. The van der Waals surface area contributed by atoms with Crippen LogP contribution < -0.4 is 4.90 Å². The lowest BCUT2D eigenvalue weighted by atomic mass is 10.2. The Morgan fingerprint density at radius 2 is 1.89 bits per heavy atom. The molecule has 0 bridgehead atoms. The van der Waals surface area contributed by atoms with Crippen LogP contribution in [0.4, 0.5) is 5.69 Å². The lowest BCUT2D eigenvalue weighted by Gasteiger charge is -2.12. The molecule has 0 heterocycles. The molecule has 0 unspecified atom stereocenters. The predicted molar refractivity (Wildman–Crippen MR) is 72.4 cm³/mol. The van der Waals surface area contributed by atoms with Crippen LogP contribution in [-0.4, -0.2) is 33.8 Å². The molecule has 0 radical (unpaired) electrons. The summed E-state index contributed by atoms with van der Waals surface area (Å²) >= 11 is 0. The van der Waals surface area contributed by atoms with Gasteiger partial charge < -0.3 is 14.4 Å². The zero-order valence-electron chi connectivity index (χ0n) is 11.3. The fourth-order valence-corrected chi connectivity index (χ4v) is 1.44. The van der Waals surface area contributed by atoms with E-state index in [2.05, 4.69) is 4.74 Å². The molecule has 0 aliphatic carbocycles. The summed E-state index contributed by atoms with van der Waals surface area (Å²) in [6.45, 7) is 2.25. The first-order valence-corrected chi connectivity index (χ1v) is 5.78. The first kappa shape index (κ1) is 14.1. The van der Waals surface area contributed by atoms with E-state index >= 15 is 0 Å². The van der Waals surface area contributed by atoms with Crippen LogP contribution in [0.5, 0.6) is 0 Å². The van der Waals surface area contributed by atoms with Crippen molar-refractivity contribution >= 4 is 17.7 Å². The third kappa shape index (κ3) is 3.80. The van der Waals surface area contributed by atoms with Gasteiger partial charge in [-0.1, -0.05) is 12.1 Å². The fourth-order valence-electron chi connectivity index (χ4n) is 1.44. The zero-order chi connectivity index (χ0) is 13.5. The Kier molecular flexibility index (Phi) is 5.24. The van der Waals surface area contributed by atoms with Gasteiger partial charge in [0, 0.05) is 19.8 Å². The average molecular weight is 249 g/mol. The smallest absolute Gasteiger partial charge is 0.373 e. The number of methoxy groups -OCH3 is 1. The molecule has 0 N–H and O–H groups in total. The minimum absolute atomic E-state index is 0.220. The number of nitrogens with zero attached hydrogens (tertiary/aromatic N) is 1. The Balaban J connectivity index is 2.93. The maximum Gasteiger partial charge on any atom is 0.373 e. The Labute approximate surface area is 108 Å². The summed E-state index contributed by atoms with van der Waals surface area (Å²) in [5, 5.41) is 0. The van der Waals surface area contributed by atoms with Gasteiger partial charge in [-0.15, -0.1) is 0 Å². The molecule has 1 rings (SSSR count). The van der Waals surface area contributed by atoms with Crippen molar-refractivity contribution in [2.75, 3.05) is 32.7 Å². The molecule has 0 fully saturated rings. The number of carbonyl (C=O) groups excluding carboxylic acids is 1. The van der Waals surface area contributed by atoms with E-state index in [1.54, 1.807) is 6.08 Å². The van der Waals surface area contributed by atoms with Gasteiger partial charge in [0.1, 0.15) is 0 Å². The number of carbonyl (C=O) groups is 1. The molecular formula is C14H19NO3. The van der Waals surface area contributed by atoms with Gasteiger partial charge >= 0.3 is 5.97 Å². The molecule has 1 aromatic carbocycles. The number of hydrogen-bond acceptors (Lipinski definition) is 4. The van der Waals surface area contributed by atoms with Gasteiger partial charge in [0.05, 0.1) is 13.7 Å². The van der Waals surface area contributed by atoms with Crippen molar-refractivity contribution in [3.05, 3.63) is 35.6 Å². The maximum absolute atomic E-state index is 11.5. The van der Waals surface area contributed by atoms with Gasteiger partial charge in [0.15, 0.2) is 0 Å². The second-order valence-corrected chi connectivity index (χ2v) is 3.92. The van der Waals surface area contributed by atoms with E-state index < -0.39 is 5.97 Å². The van der Waals surface area contributed by atoms with E-state index in [0.29, 0.717) is 6.61 Å². The molecule has 0 saturated carbocycles. The van der Waals surface area contributed by atoms with Crippen LogP contribution in [-0.2, 0) is 14.3 Å². The minimum atomic E-state index is -0.464. The zero-order valence-corrected chi connectivity index (χ0v) is 11.3. The van der Waals surface area contributed by atoms with E-state index in [9.17, 15) is 4.79 Å². The summed E-state index contributed by atoms with van der Waals surface area (Å²) in [5.41, 5.74) is 2.00. The van der Waals surface area contributed by atoms with Crippen LogP contribution in [0.15, 0.2) is 30.0 Å². The first-order valence-electron chi connectivity index (χ1n) is 5.78. The van der Waals surface area contributed by atoms with Crippen molar-refractivity contribution < 1.29 is 14.3 Å². The molecule has 0 amide bonds. The number of esters is 1. The van der Waals surface area contributed by atoms with Crippen LogP contribution in [0.1, 0.15) is 12.5 Å².